The molecule has 0 bridgehead atoms. The van der Waals surface area contributed by atoms with Crippen LogP contribution in [0.15, 0.2) is 12.1 Å². The van der Waals surface area contributed by atoms with Crippen molar-refractivity contribution in [2.45, 2.75) is 19.3 Å². The van der Waals surface area contributed by atoms with Gasteiger partial charge in [0.2, 0.25) is 0 Å². The molecule has 2 rings (SSSR count). The molecule has 1 aromatic carbocycles. The average molecular weight is 246 g/mol. The molecule has 1 aliphatic rings. The number of hydrogen-bond acceptors (Lipinski definition) is 1. The van der Waals surface area contributed by atoms with Crippen molar-refractivity contribution in [1.82, 2.24) is 5.32 Å². The van der Waals surface area contributed by atoms with Crippen LogP contribution in [0.1, 0.15) is 18.4 Å². The van der Waals surface area contributed by atoms with Crippen LogP contribution in [-0.4, -0.2) is 13.1 Å². The van der Waals surface area contributed by atoms with Gasteiger partial charge in [0.1, 0.15) is 11.6 Å². The molecular formula is C12H14ClF2N. The van der Waals surface area contributed by atoms with Crippen LogP contribution in [0.3, 0.4) is 0 Å². The Hall–Kier alpha value is -0.670. The summed E-state index contributed by atoms with van der Waals surface area (Å²) in [5.74, 6) is -0.596. The predicted octanol–water partition coefficient (Wildman–Crippen LogP) is 3.16. The van der Waals surface area contributed by atoms with E-state index in [2.05, 4.69) is 5.32 Å². The fraction of sp³-hybridized carbons (Fsp3) is 0.500. The maximum atomic E-state index is 13.5. The minimum Gasteiger partial charge on any atom is -0.316 e. The Morgan fingerprint density at radius 2 is 2.06 bits per heavy atom. The SMILES string of the molecule is Fc1ccc(F)c(CC2CCCNC2)c1Cl. The fourth-order valence-corrected chi connectivity index (χ4v) is 2.37. The van der Waals surface area contributed by atoms with Crippen LogP contribution >= 0.6 is 11.6 Å². The molecule has 88 valence electrons. The van der Waals surface area contributed by atoms with Crippen molar-refractivity contribution in [3.8, 4) is 0 Å². The topological polar surface area (TPSA) is 12.0 Å². The first-order chi connectivity index (χ1) is 7.68. The van der Waals surface area contributed by atoms with Crippen LogP contribution in [0.25, 0.3) is 0 Å². The number of benzene rings is 1. The monoisotopic (exact) mass is 245 g/mol. The van der Waals surface area contributed by atoms with Gasteiger partial charge in [0.05, 0.1) is 5.02 Å². The van der Waals surface area contributed by atoms with Crippen LogP contribution in [0.5, 0.6) is 0 Å². The minimum absolute atomic E-state index is 0.0643. The Bertz CT molecular complexity index is 376. The third-order valence-corrected chi connectivity index (χ3v) is 3.44. The second kappa shape index (κ2) is 5.11. The van der Waals surface area contributed by atoms with Crippen LogP contribution in [0.4, 0.5) is 8.78 Å². The van der Waals surface area contributed by atoms with Gasteiger partial charge in [0.25, 0.3) is 0 Å². The van der Waals surface area contributed by atoms with E-state index in [0.717, 1.165) is 38.1 Å². The van der Waals surface area contributed by atoms with Gasteiger partial charge in [-0.25, -0.2) is 8.78 Å². The van der Waals surface area contributed by atoms with Gasteiger partial charge in [0, 0.05) is 5.56 Å². The summed E-state index contributed by atoms with van der Waals surface area (Å²) in [5.41, 5.74) is 0.315. The quantitative estimate of drug-likeness (QED) is 0.790. The fourth-order valence-electron chi connectivity index (χ4n) is 2.14. The summed E-state index contributed by atoms with van der Waals surface area (Å²) in [7, 11) is 0. The lowest BCUT2D eigenvalue weighted by Crippen LogP contribution is -2.31. The molecular weight excluding hydrogens is 232 g/mol. The molecule has 0 saturated carbocycles. The van der Waals surface area contributed by atoms with E-state index in [9.17, 15) is 8.78 Å². The van der Waals surface area contributed by atoms with Crippen molar-refractivity contribution >= 4 is 11.6 Å². The first-order valence-corrected chi connectivity index (χ1v) is 5.89. The second-order valence-electron chi connectivity index (χ2n) is 4.24. The number of rotatable bonds is 2. The zero-order valence-corrected chi connectivity index (χ0v) is 9.66. The molecule has 1 unspecified atom stereocenters. The zero-order valence-electron chi connectivity index (χ0n) is 8.90. The van der Waals surface area contributed by atoms with Gasteiger partial charge in [-0.3, -0.25) is 0 Å². The molecule has 1 N–H and O–H groups in total. The van der Waals surface area contributed by atoms with E-state index in [-0.39, 0.29) is 5.02 Å². The Kier molecular flexibility index (Phi) is 3.77. The Morgan fingerprint density at radius 3 is 2.75 bits per heavy atom. The number of halogens is 3. The smallest absolute Gasteiger partial charge is 0.142 e. The Labute approximate surface area is 98.8 Å². The van der Waals surface area contributed by atoms with Gasteiger partial charge in [-0.2, -0.15) is 0 Å². The van der Waals surface area contributed by atoms with Gasteiger partial charge in [-0.1, -0.05) is 11.6 Å². The third-order valence-electron chi connectivity index (χ3n) is 3.03. The summed E-state index contributed by atoms with van der Waals surface area (Å²) in [6, 6.07) is 2.22. The van der Waals surface area contributed by atoms with E-state index in [0.29, 0.717) is 17.9 Å². The minimum atomic E-state index is -0.540. The predicted molar refractivity (Wildman–Crippen MR) is 60.7 cm³/mol. The van der Waals surface area contributed by atoms with Gasteiger partial charge >= 0.3 is 0 Å². The molecule has 1 aliphatic heterocycles. The first-order valence-electron chi connectivity index (χ1n) is 5.51. The van der Waals surface area contributed by atoms with E-state index in [1.165, 1.54) is 0 Å². The normalized spacial score (nSPS) is 21.1. The molecule has 0 amide bonds. The molecule has 1 heterocycles. The van der Waals surface area contributed by atoms with Crippen molar-refractivity contribution in [1.29, 1.82) is 0 Å². The number of hydrogen-bond donors (Lipinski definition) is 1. The van der Waals surface area contributed by atoms with Crippen LogP contribution in [0, 0.1) is 17.6 Å². The largest absolute Gasteiger partial charge is 0.316 e. The van der Waals surface area contributed by atoms with Crippen molar-refractivity contribution in [3.05, 3.63) is 34.4 Å². The molecule has 1 aromatic rings. The van der Waals surface area contributed by atoms with E-state index >= 15 is 0 Å². The summed E-state index contributed by atoms with van der Waals surface area (Å²) < 4.78 is 26.7. The molecule has 0 aliphatic carbocycles. The highest BCUT2D eigenvalue weighted by atomic mass is 35.5. The van der Waals surface area contributed by atoms with E-state index in [1.54, 1.807) is 0 Å². The molecule has 1 nitrogen and oxygen atoms in total. The van der Waals surface area contributed by atoms with Gasteiger partial charge in [-0.05, 0) is 50.4 Å². The summed E-state index contributed by atoms with van der Waals surface area (Å²) in [5, 5.41) is 3.19. The average Bonchev–Trinajstić information content (AvgIpc) is 2.31. The molecule has 1 saturated heterocycles. The Balaban J connectivity index is 2.16. The highest BCUT2D eigenvalue weighted by molar-refractivity contribution is 6.31. The highest BCUT2D eigenvalue weighted by Crippen LogP contribution is 2.27. The van der Waals surface area contributed by atoms with Gasteiger partial charge in [0.15, 0.2) is 0 Å². The number of piperidine rings is 1. The van der Waals surface area contributed by atoms with Crippen LogP contribution < -0.4 is 5.32 Å². The van der Waals surface area contributed by atoms with Crippen LogP contribution in [0.2, 0.25) is 5.02 Å². The summed E-state index contributed by atoms with van der Waals surface area (Å²) in [6.45, 7) is 1.86. The number of nitrogens with one attached hydrogen (secondary N) is 1. The molecule has 4 heteroatoms. The van der Waals surface area contributed by atoms with Crippen molar-refractivity contribution in [3.63, 3.8) is 0 Å². The lowest BCUT2D eigenvalue weighted by molar-refractivity contribution is 0.371. The summed E-state index contributed by atoms with van der Waals surface area (Å²) >= 11 is 5.78. The maximum Gasteiger partial charge on any atom is 0.142 e. The standard InChI is InChI=1S/C12H14ClF2N/c13-12-9(10(14)3-4-11(12)15)6-8-2-1-5-16-7-8/h3-4,8,16H,1-2,5-7H2. The van der Waals surface area contributed by atoms with Gasteiger partial charge < -0.3 is 5.32 Å². The van der Waals surface area contributed by atoms with E-state index < -0.39 is 11.6 Å². The van der Waals surface area contributed by atoms with Gasteiger partial charge in [-0.15, -0.1) is 0 Å². The molecule has 0 aromatic heterocycles. The Morgan fingerprint density at radius 1 is 1.31 bits per heavy atom. The zero-order chi connectivity index (χ0) is 11.5. The molecule has 1 fully saturated rings. The van der Waals surface area contributed by atoms with Crippen molar-refractivity contribution in [2.75, 3.05) is 13.1 Å². The molecule has 16 heavy (non-hydrogen) atoms. The van der Waals surface area contributed by atoms with Crippen molar-refractivity contribution < 1.29 is 8.78 Å². The van der Waals surface area contributed by atoms with E-state index in [1.807, 2.05) is 0 Å². The third kappa shape index (κ3) is 2.53. The summed E-state index contributed by atoms with van der Waals surface area (Å²) in [4.78, 5) is 0. The van der Waals surface area contributed by atoms with Crippen LogP contribution in [-0.2, 0) is 6.42 Å². The molecule has 1 atom stereocenters. The highest BCUT2D eigenvalue weighted by Gasteiger charge is 2.19. The van der Waals surface area contributed by atoms with Crippen molar-refractivity contribution in [2.24, 2.45) is 5.92 Å². The van der Waals surface area contributed by atoms with E-state index in [4.69, 9.17) is 11.6 Å². The lowest BCUT2D eigenvalue weighted by Gasteiger charge is -2.23. The maximum absolute atomic E-state index is 13.5. The molecule has 0 spiro atoms. The lowest BCUT2D eigenvalue weighted by atomic mass is 9.92. The molecule has 0 radical (unpaired) electrons. The first kappa shape index (κ1) is 11.8. The second-order valence-corrected chi connectivity index (χ2v) is 4.62. The summed E-state index contributed by atoms with van der Waals surface area (Å²) in [6.07, 6.45) is 2.63.